The quantitative estimate of drug-likeness (QED) is 0.465. The lowest BCUT2D eigenvalue weighted by Crippen LogP contribution is -1.78. The van der Waals surface area contributed by atoms with Crippen molar-refractivity contribution in [3.05, 3.63) is 96.5 Å². The van der Waals surface area contributed by atoms with Crippen LogP contribution in [0.15, 0.2) is 85.3 Å². The van der Waals surface area contributed by atoms with E-state index in [1.54, 1.807) is 26.7 Å². The van der Waals surface area contributed by atoms with Gasteiger partial charge in [-0.25, -0.2) is 0 Å². The van der Waals surface area contributed by atoms with Gasteiger partial charge in [0.15, 0.2) is 0 Å². The third kappa shape index (κ3) is 21.6. The first-order valence-electron chi connectivity index (χ1n) is 9.30. The van der Waals surface area contributed by atoms with Gasteiger partial charge in [0.25, 0.3) is 0 Å². The van der Waals surface area contributed by atoms with Crippen molar-refractivity contribution in [3.63, 3.8) is 0 Å². The van der Waals surface area contributed by atoms with E-state index < -0.39 is 0 Å². The molecule has 2 rings (SSSR count). The lowest BCUT2D eigenvalue weighted by Gasteiger charge is -1.93. The van der Waals surface area contributed by atoms with Crippen LogP contribution in [-0.2, 0) is 22.3 Å². The van der Waals surface area contributed by atoms with Crippen molar-refractivity contribution in [3.8, 4) is 0 Å². The molecule has 0 bridgehead atoms. The number of allylic oxidation sites excluding steroid dienone is 2. The van der Waals surface area contributed by atoms with Gasteiger partial charge in [-0.3, -0.25) is 0 Å². The van der Waals surface area contributed by atoms with Crippen LogP contribution < -0.4 is 0 Å². The highest BCUT2D eigenvalue weighted by Crippen LogP contribution is 2.00. The van der Waals surface area contributed by atoms with Crippen LogP contribution >= 0.6 is 0 Å². The molecule has 0 N–H and O–H groups in total. The Balaban J connectivity index is -0.000000165. The summed E-state index contributed by atoms with van der Waals surface area (Å²) in [4.78, 5) is 0. The molecule has 2 nitrogen and oxygen atoms in total. The monoisotopic (exact) mass is 388 g/mol. The van der Waals surface area contributed by atoms with Crippen molar-refractivity contribution in [1.29, 1.82) is 0 Å². The van der Waals surface area contributed by atoms with Crippen molar-refractivity contribution < 1.29 is 9.47 Å². The zero-order valence-electron chi connectivity index (χ0n) is 17.3. The fourth-order valence-electron chi connectivity index (χ4n) is 1.79. The number of benzene rings is 2. The normalized spacial score (nSPS) is 8.50. The van der Waals surface area contributed by atoms with Crippen molar-refractivity contribution in [2.24, 2.45) is 0 Å². The van der Waals surface area contributed by atoms with Gasteiger partial charge in [-0.1, -0.05) is 103 Å². The third-order valence-electron chi connectivity index (χ3n) is 2.86. The molecule has 0 aliphatic heterocycles. The van der Waals surface area contributed by atoms with E-state index in [-0.39, 0.29) is 14.9 Å². The van der Waals surface area contributed by atoms with E-state index in [1.165, 1.54) is 11.1 Å². The summed E-state index contributed by atoms with van der Waals surface area (Å²) in [6, 6.07) is 20.6. The second-order valence-corrected chi connectivity index (χ2v) is 4.59. The van der Waals surface area contributed by atoms with Gasteiger partial charge in [0.05, 0.1) is 26.7 Å². The molecule has 0 aliphatic rings. The Morgan fingerprint density at radius 2 is 0.857 bits per heavy atom. The minimum Gasteiger partial charge on any atom is -0.505 e. The highest BCUT2D eigenvalue weighted by Gasteiger charge is 1.85. The molecular formula is C26H44O2. The van der Waals surface area contributed by atoms with Crippen LogP contribution in [-0.4, -0.2) is 14.2 Å². The van der Waals surface area contributed by atoms with Gasteiger partial charge in [0.2, 0.25) is 0 Å². The van der Waals surface area contributed by atoms with Crippen LogP contribution in [0.4, 0.5) is 0 Å². The van der Waals surface area contributed by atoms with E-state index in [0.29, 0.717) is 0 Å². The average Bonchev–Trinajstić information content (AvgIpc) is 2.74. The molecule has 28 heavy (non-hydrogen) atoms. The maximum Gasteiger partial charge on any atom is 0.0788 e. The fraction of sp³-hybridized carbons (Fsp3) is 0.385. The molecule has 0 fully saturated rings. The Labute approximate surface area is 175 Å². The average molecular weight is 389 g/mol. The van der Waals surface area contributed by atoms with Gasteiger partial charge < -0.3 is 9.47 Å². The van der Waals surface area contributed by atoms with Crippen molar-refractivity contribution in [1.82, 2.24) is 0 Å². The zero-order valence-corrected chi connectivity index (χ0v) is 17.3. The molecule has 160 valence electrons. The zero-order chi connectivity index (χ0) is 19.9. The van der Waals surface area contributed by atoms with Crippen LogP contribution in [0.2, 0.25) is 0 Å². The largest absolute Gasteiger partial charge is 0.505 e. The summed E-state index contributed by atoms with van der Waals surface area (Å²) in [7, 11) is 3.31. The van der Waals surface area contributed by atoms with E-state index in [4.69, 9.17) is 9.47 Å². The van der Waals surface area contributed by atoms with Crippen molar-refractivity contribution in [2.45, 2.75) is 55.4 Å². The number of ether oxygens (including phenoxy) is 2. The minimum absolute atomic E-state index is 0. The maximum absolute atomic E-state index is 4.78. The first kappa shape index (κ1) is 33.1. The number of hydrogen-bond acceptors (Lipinski definition) is 2. The minimum atomic E-state index is 0. The van der Waals surface area contributed by atoms with Gasteiger partial charge in [0, 0.05) is 0 Å². The van der Waals surface area contributed by atoms with Gasteiger partial charge in [0.1, 0.15) is 0 Å². The second-order valence-electron chi connectivity index (χ2n) is 4.59. The summed E-state index contributed by atoms with van der Waals surface area (Å²) in [5.41, 5.74) is 2.61. The molecule has 2 aromatic rings. The molecular weight excluding hydrogens is 344 g/mol. The molecule has 0 saturated carbocycles. The lowest BCUT2D eigenvalue weighted by molar-refractivity contribution is 0.336. The molecule has 2 aromatic carbocycles. The summed E-state index contributed by atoms with van der Waals surface area (Å²) in [6.07, 6.45) is 9.27. The van der Waals surface area contributed by atoms with E-state index in [2.05, 4.69) is 24.3 Å². The summed E-state index contributed by atoms with van der Waals surface area (Å²) >= 11 is 0. The standard InChI is InChI=1S/2C10H12O.2C2H6.2CH4/c2*1-11-9-5-8-10-6-3-2-4-7-10;2*1-2;;/h2*2-7,9H,8H2,1H3;2*1-2H3;2*1H4. The van der Waals surface area contributed by atoms with Gasteiger partial charge in [-0.05, 0) is 36.1 Å². The molecule has 0 spiro atoms. The Morgan fingerprint density at radius 3 is 1.11 bits per heavy atom. The smallest absolute Gasteiger partial charge is 0.0788 e. The Bertz CT molecular complexity index is 479. The second kappa shape index (κ2) is 29.3. The lowest BCUT2D eigenvalue weighted by atomic mass is 10.2. The van der Waals surface area contributed by atoms with E-state index in [1.807, 2.05) is 76.2 Å². The van der Waals surface area contributed by atoms with Gasteiger partial charge in [-0.2, -0.15) is 0 Å². The first-order valence-corrected chi connectivity index (χ1v) is 9.30. The molecule has 0 atom stereocenters. The molecule has 0 unspecified atom stereocenters. The molecule has 0 amide bonds. The highest BCUT2D eigenvalue weighted by molar-refractivity contribution is 5.17. The Morgan fingerprint density at radius 1 is 0.571 bits per heavy atom. The number of methoxy groups -OCH3 is 2. The van der Waals surface area contributed by atoms with E-state index >= 15 is 0 Å². The third-order valence-corrected chi connectivity index (χ3v) is 2.86. The van der Waals surface area contributed by atoms with E-state index in [0.717, 1.165) is 12.8 Å². The molecule has 2 heteroatoms. The van der Waals surface area contributed by atoms with Crippen LogP contribution in [0.25, 0.3) is 0 Å². The molecule has 0 radical (unpaired) electrons. The Kier molecular flexibility index (Phi) is 34.7. The molecule has 0 aromatic heterocycles. The highest BCUT2D eigenvalue weighted by atomic mass is 16.5. The molecule has 0 heterocycles. The van der Waals surface area contributed by atoms with Gasteiger partial charge >= 0.3 is 0 Å². The van der Waals surface area contributed by atoms with Crippen LogP contribution in [0.3, 0.4) is 0 Å². The van der Waals surface area contributed by atoms with Crippen LogP contribution in [0, 0.1) is 0 Å². The predicted molar refractivity (Wildman–Crippen MR) is 129 cm³/mol. The number of rotatable bonds is 6. The summed E-state index contributed by atoms with van der Waals surface area (Å²) in [5, 5.41) is 0. The number of hydrogen-bond donors (Lipinski definition) is 0. The maximum atomic E-state index is 4.78. The van der Waals surface area contributed by atoms with Crippen LogP contribution in [0.5, 0.6) is 0 Å². The Hall–Kier alpha value is -2.48. The fourth-order valence-corrected chi connectivity index (χ4v) is 1.79. The summed E-state index contributed by atoms with van der Waals surface area (Å²) in [5.74, 6) is 0. The van der Waals surface area contributed by atoms with Crippen molar-refractivity contribution >= 4 is 0 Å². The topological polar surface area (TPSA) is 18.5 Å². The van der Waals surface area contributed by atoms with Crippen molar-refractivity contribution in [2.75, 3.05) is 14.2 Å². The van der Waals surface area contributed by atoms with Crippen LogP contribution in [0.1, 0.15) is 53.7 Å². The SMILES string of the molecule is C.C.CC.CC.COC=CCc1ccccc1.COC=CCc1ccccc1. The van der Waals surface area contributed by atoms with E-state index in [9.17, 15) is 0 Å². The van der Waals surface area contributed by atoms with Gasteiger partial charge in [-0.15, -0.1) is 0 Å². The summed E-state index contributed by atoms with van der Waals surface area (Å²) < 4.78 is 9.57. The predicted octanol–water partition coefficient (Wildman–Crippen LogP) is 8.10. The first-order chi connectivity index (χ1) is 12.9. The summed E-state index contributed by atoms with van der Waals surface area (Å²) in [6.45, 7) is 8.00. The molecule has 0 saturated heterocycles. The molecule has 0 aliphatic carbocycles.